The van der Waals surface area contributed by atoms with Crippen LogP contribution in [0.5, 0.6) is 5.75 Å². The zero-order valence-electron chi connectivity index (χ0n) is 13.4. The van der Waals surface area contributed by atoms with Gasteiger partial charge in [0, 0.05) is 31.6 Å². The Balaban J connectivity index is 1.94. The summed E-state index contributed by atoms with van der Waals surface area (Å²) >= 11 is 0. The molecule has 1 amide bonds. The Morgan fingerprint density at radius 2 is 2.30 bits per heavy atom. The summed E-state index contributed by atoms with van der Waals surface area (Å²) in [6.07, 6.45) is 4.86. The topological polar surface area (TPSA) is 65.4 Å². The first kappa shape index (κ1) is 15.6. The van der Waals surface area contributed by atoms with Crippen molar-refractivity contribution in [3.8, 4) is 5.75 Å². The van der Waals surface area contributed by atoms with Crippen LogP contribution in [0.3, 0.4) is 0 Å². The maximum Gasteiger partial charge on any atom is 0.249 e. The van der Waals surface area contributed by atoms with E-state index in [1.807, 2.05) is 42.1 Å². The van der Waals surface area contributed by atoms with Gasteiger partial charge in [0.1, 0.15) is 23.7 Å². The van der Waals surface area contributed by atoms with Gasteiger partial charge >= 0.3 is 0 Å². The van der Waals surface area contributed by atoms with Gasteiger partial charge in [-0.3, -0.25) is 4.79 Å². The van der Waals surface area contributed by atoms with Crippen molar-refractivity contribution in [3.63, 3.8) is 0 Å². The van der Waals surface area contributed by atoms with E-state index in [4.69, 9.17) is 9.47 Å². The molecule has 1 aliphatic rings. The fourth-order valence-corrected chi connectivity index (χ4v) is 2.86. The number of aromatic nitrogens is 2. The number of para-hydroxylation sites is 1. The fraction of sp³-hybridized carbons (Fsp3) is 0.412. The molecule has 6 heteroatoms. The third kappa shape index (κ3) is 3.22. The molecule has 1 saturated heterocycles. The Labute approximate surface area is 135 Å². The summed E-state index contributed by atoms with van der Waals surface area (Å²) in [6, 6.07) is 7.26. The van der Waals surface area contributed by atoms with Crippen LogP contribution in [0.25, 0.3) is 0 Å². The van der Waals surface area contributed by atoms with Crippen molar-refractivity contribution in [2.45, 2.75) is 25.0 Å². The van der Waals surface area contributed by atoms with E-state index in [-0.39, 0.29) is 18.1 Å². The van der Waals surface area contributed by atoms with Crippen LogP contribution in [0.4, 0.5) is 0 Å². The largest absolute Gasteiger partial charge is 0.496 e. The number of imidazole rings is 1. The van der Waals surface area contributed by atoms with E-state index in [0.29, 0.717) is 12.4 Å². The zero-order chi connectivity index (χ0) is 16.2. The van der Waals surface area contributed by atoms with Crippen LogP contribution in [-0.2, 0) is 16.6 Å². The first-order valence-electron chi connectivity index (χ1n) is 7.73. The second-order valence-corrected chi connectivity index (χ2v) is 5.58. The standard InChI is InChI=1S/C17H21N3O3/c1-20-10-9-18-16(20)15(12-6-3-4-7-13(12)22-2)19-17(21)14-8-5-11-23-14/h3-4,6-7,9-10,14-15H,5,8,11H2,1-2H3,(H,19,21)/t14-,15+/m0/s1. The molecule has 1 aromatic carbocycles. The van der Waals surface area contributed by atoms with Crippen LogP contribution in [0.1, 0.15) is 30.3 Å². The summed E-state index contributed by atoms with van der Waals surface area (Å²) in [5, 5.41) is 3.07. The third-order valence-corrected chi connectivity index (χ3v) is 4.08. The molecule has 0 unspecified atom stereocenters. The molecule has 1 fully saturated rings. The highest BCUT2D eigenvalue weighted by molar-refractivity contribution is 5.81. The highest BCUT2D eigenvalue weighted by Crippen LogP contribution is 2.29. The van der Waals surface area contributed by atoms with Crippen LogP contribution in [0, 0.1) is 0 Å². The zero-order valence-corrected chi connectivity index (χ0v) is 13.4. The fourth-order valence-electron chi connectivity index (χ4n) is 2.86. The van der Waals surface area contributed by atoms with E-state index in [9.17, 15) is 4.79 Å². The van der Waals surface area contributed by atoms with Crippen molar-refractivity contribution in [2.24, 2.45) is 7.05 Å². The summed E-state index contributed by atoms with van der Waals surface area (Å²) < 4.78 is 12.8. The lowest BCUT2D eigenvalue weighted by molar-refractivity contribution is -0.130. The molecule has 122 valence electrons. The van der Waals surface area contributed by atoms with E-state index in [1.165, 1.54) is 0 Å². The Morgan fingerprint density at radius 1 is 1.48 bits per heavy atom. The van der Waals surface area contributed by atoms with Crippen molar-refractivity contribution in [3.05, 3.63) is 48.0 Å². The number of hydrogen-bond donors (Lipinski definition) is 1. The van der Waals surface area contributed by atoms with E-state index in [1.54, 1.807) is 13.3 Å². The molecule has 0 radical (unpaired) electrons. The van der Waals surface area contributed by atoms with Gasteiger partial charge in [-0.05, 0) is 18.9 Å². The second-order valence-electron chi connectivity index (χ2n) is 5.58. The minimum Gasteiger partial charge on any atom is -0.496 e. The lowest BCUT2D eigenvalue weighted by Crippen LogP contribution is -2.38. The number of carbonyl (C=O) groups is 1. The maximum absolute atomic E-state index is 12.5. The number of benzene rings is 1. The van der Waals surface area contributed by atoms with Gasteiger partial charge in [-0.15, -0.1) is 0 Å². The van der Waals surface area contributed by atoms with E-state index in [0.717, 1.165) is 24.2 Å². The van der Waals surface area contributed by atoms with Crippen molar-refractivity contribution in [1.29, 1.82) is 0 Å². The lowest BCUT2D eigenvalue weighted by Gasteiger charge is -2.22. The van der Waals surface area contributed by atoms with Crippen molar-refractivity contribution < 1.29 is 14.3 Å². The van der Waals surface area contributed by atoms with Gasteiger partial charge in [0.15, 0.2) is 0 Å². The van der Waals surface area contributed by atoms with E-state index < -0.39 is 0 Å². The quantitative estimate of drug-likeness (QED) is 0.914. The molecule has 0 bridgehead atoms. The van der Waals surface area contributed by atoms with Gasteiger partial charge in [-0.1, -0.05) is 18.2 Å². The van der Waals surface area contributed by atoms with Crippen LogP contribution in [0.2, 0.25) is 0 Å². The molecule has 6 nitrogen and oxygen atoms in total. The molecule has 23 heavy (non-hydrogen) atoms. The monoisotopic (exact) mass is 315 g/mol. The highest BCUT2D eigenvalue weighted by Gasteiger charge is 2.29. The van der Waals surface area contributed by atoms with Gasteiger partial charge in [0.2, 0.25) is 5.91 Å². The molecule has 3 rings (SSSR count). The molecule has 1 aliphatic heterocycles. The molecule has 2 aromatic rings. The normalized spacial score (nSPS) is 18.6. The van der Waals surface area contributed by atoms with Crippen LogP contribution in [-0.4, -0.2) is 35.3 Å². The summed E-state index contributed by atoms with van der Waals surface area (Å²) in [5.41, 5.74) is 0.871. The number of amides is 1. The molecule has 1 aromatic heterocycles. The molecule has 2 atom stereocenters. The Kier molecular flexibility index (Phi) is 4.62. The molecule has 1 N–H and O–H groups in total. The first-order valence-corrected chi connectivity index (χ1v) is 7.73. The summed E-state index contributed by atoms with van der Waals surface area (Å²) in [7, 11) is 3.53. The molecule has 0 spiro atoms. The average molecular weight is 315 g/mol. The van der Waals surface area contributed by atoms with Crippen molar-refractivity contribution in [2.75, 3.05) is 13.7 Å². The van der Waals surface area contributed by atoms with Crippen LogP contribution < -0.4 is 10.1 Å². The number of rotatable bonds is 5. The molecular formula is C17H21N3O3. The third-order valence-electron chi connectivity index (χ3n) is 4.08. The molecule has 0 saturated carbocycles. The summed E-state index contributed by atoms with van der Waals surface area (Å²) in [5.74, 6) is 1.36. The molecule has 2 heterocycles. The predicted octanol–water partition coefficient (Wildman–Crippen LogP) is 1.81. The average Bonchev–Trinajstić information content (AvgIpc) is 3.24. The highest BCUT2D eigenvalue weighted by atomic mass is 16.5. The van der Waals surface area contributed by atoms with Gasteiger partial charge in [0.05, 0.1) is 7.11 Å². The Hall–Kier alpha value is -2.34. The van der Waals surface area contributed by atoms with Gasteiger partial charge in [0.25, 0.3) is 0 Å². The smallest absolute Gasteiger partial charge is 0.249 e. The van der Waals surface area contributed by atoms with E-state index in [2.05, 4.69) is 10.3 Å². The second kappa shape index (κ2) is 6.83. The summed E-state index contributed by atoms with van der Waals surface area (Å²) in [4.78, 5) is 16.9. The molecular weight excluding hydrogens is 294 g/mol. The SMILES string of the molecule is COc1ccccc1[C@@H](NC(=O)[C@@H]1CCCO1)c1nccn1C. The van der Waals surface area contributed by atoms with Crippen molar-refractivity contribution in [1.82, 2.24) is 14.9 Å². The number of methoxy groups -OCH3 is 1. The minimum absolute atomic E-state index is 0.110. The van der Waals surface area contributed by atoms with E-state index >= 15 is 0 Å². The number of carbonyl (C=O) groups excluding carboxylic acids is 1. The number of nitrogens with zero attached hydrogens (tertiary/aromatic N) is 2. The summed E-state index contributed by atoms with van der Waals surface area (Å²) in [6.45, 7) is 0.639. The first-order chi connectivity index (χ1) is 11.2. The van der Waals surface area contributed by atoms with Gasteiger partial charge < -0.3 is 19.4 Å². The number of ether oxygens (including phenoxy) is 2. The van der Waals surface area contributed by atoms with Crippen LogP contribution >= 0.6 is 0 Å². The Morgan fingerprint density at radius 3 is 2.96 bits per heavy atom. The van der Waals surface area contributed by atoms with Gasteiger partial charge in [-0.25, -0.2) is 4.98 Å². The maximum atomic E-state index is 12.5. The number of aryl methyl sites for hydroxylation is 1. The molecule has 0 aliphatic carbocycles. The number of nitrogens with one attached hydrogen (secondary N) is 1. The van der Waals surface area contributed by atoms with Crippen molar-refractivity contribution >= 4 is 5.91 Å². The van der Waals surface area contributed by atoms with Gasteiger partial charge in [-0.2, -0.15) is 0 Å². The minimum atomic E-state index is -0.386. The lowest BCUT2D eigenvalue weighted by atomic mass is 10.0. The predicted molar refractivity (Wildman–Crippen MR) is 85.2 cm³/mol. The Bertz CT molecular complexity index is 677. The number of hydrogen-bond acceptors (Lipinski definition) is 4. The van der Waals surface area contributed by atoms with Crippen LogP contribution in [0.15, 0.2) is 36.7 Å².